The monoisotopic (exact) mass is 382 g/mol. The second-order valence-corrected chi connectivity index (χ2v) is 7.54. The van der Waals surface area contributed by atoms with E-state index in [4.69, 9.17) is 4.42 Å². The van der Waals surface area contributed by atoms with Crippen LogP contribution < -0.4 is 0 Å². The van der Waals surface area contributed by atoms with Crippen LogP contribution >= 0.6 is 23.1 Å². The molecule has 0 unspecified atom stereocenters. The van der Waals surface area contributed by atoms with Crippen LogP contribution in [0.25, 0.3) is 11.4 Å². The average molecular weight is 382 g/mol. The highest BCUT2D eigenvalue weighted by Gasteiger charge is 2.13. The fourth-order valence-corrected chi connectivity index (χ4v) is 3.68. The van der Waals surface area contributed by atoms with Crippen LogP contribution in [0.15, 0.2) is 50.6 Å². The number of aryl methyl sites for hydroxylation is 2. The van der Waals surface area contributed by atoms with Crippen molar-refractivity contribution in [3.8, 4) is 11.4 Å². The van der Waals surface area contributed by atoms with Crippen LogP contribution in [0.5, 0.6) is 0 Å². The topological polar surface area (TPSA) is 90.5 Å². The molecule has 0 aliphatic heterocycles. The molecule has 0 spiro atoms. The lowest BCUT2D eigenvalue weighted by molar-refractivity contribution is 0.419. The number of hydrogen-bond donors (Lipinski definition) is 0. The highest BCUT2D eigenvalue weighted by Crippen LogP contribution is 2.27. The summed E-state index contributed by atoms with van der Waals surface area (Å²) in [6.07, 6.45) is 3.97. The van der Waals surface area contributed by atoms with Crippen LogP contribution in [0, 0.1) is 13.8 Å². The number of thiazole rings is 1. The molecule has 0 saturated carbocycles. The molecule has 0 aromatic carbocycles. The minimum atomic E-state index is 0.450. The summed E-state index contributed by atoms with van der Waals surface area (Å²) in [6, 6.07) is 5.65. The van der Waals surface area contributed by atoms with Crippen LogP contribution in [-0.4, -0.2) is 30.1 Å². The molecule has 4 aromatic heterocycles. The molecule has 4 heterocycles. The van der Waals surface area contributed by atoms with E-state index in [9.17, 15) is 0 Å². The SMILES string of the molecule is Cc1cc(Sc2nnc(Cc3csc(C)n3)o2)nc(-c2ccncc2)n1. The zero-order chi connectivity index (χ0) is 17.9. The predicted molar refractivity (Wildman–Crippen MR) is 98.1 cm³/mol. The van der Waals surface area contributed by atoms with Gasteiger partial charge in [0, 0.05) is 29.0 Å². The third-order valence-electron chi connectivity index (χ3n) is 3.41. The molecular weight excluding hydrogens is 368 g/mol. The van der Waals surface area contributed by atoms with Gasteiger partial charge < -0.3 is 4.42 Å². The number of nitrogens with zero attached hydrogens (tertiary/aromatic N) is 6. The highest BCUT2D eigenvalue weighted by molar-refractivity contribution is 7.99. The van der Waals surface area contributed by atoms with Crippen LogP contribution in [-0.2, 0) is 6.42 Å². The lowest BCUT2D eigenvalue weighted by atomic mass is 10.2. The molecule has 0 aliphatic rings. The van der Waals surface area contributed by atoms with Crippen LogP contribution in [0.2, 0.25) is 0 Å². The van der Waals surface area contributed by atoms with E-state index in [1.807, 2.05) is 37.4 Å². The smallest absolute Gasteiger partial charge is 0.282 e. The fourth-order valence-electron chi connectivity index (χ4n) is 2.31. The van der Waals surface area contributed by atoms with Gasteiger partial charge in [0.25, 0.3) is 5.22 Å². The minimum absolute atomic E-state index is 0.450. The van der Waals surface area contributed by atoms with Gasteiger partial charge in [-0.15, -0.1) is 21.5 Å². The molecule has 4 rings (SSSR count). The molecule has 26 heavy (non-hydrogen) atoms. The molecule has 0 amide bonds. The van der Waals surface area contributed by atoms with Gasteiger partial charge in [0.1, 0.15) is 5.03 Å². The maximum atomic E-state index is 5.72. The number of rotatable bonds is 5. The third-order valence-corrected chi connectivity index (χ3v) is 4.99. The van der Waals surface area contributed by atoms with Gasteiger partial charge in [-0.05, 0) is 43.8 Å². The van der Waals surface area contributed by atoms with Crippen molar-refractivity contribution in [1.82, 2.24) is 30.1 Å². The highest BCUT2D eigenvalue weighted by atomic mass is 32.2. The van der Waals surface area contributed by atoms with Crippen molar-refractivity contribution < 1.29 is 4.42 Å². The van der Waals surface area contributed by atoms with Crippen molar-refractivity contribution in [3.63, 3.8) is 0 Å². The summed E-state index contributed by atoms with van der Waals surface area (Å²) in [5.41, 5.74) is 2.72. The van der Waals surface area contributed by atoms with E-state index in [2.05, 4.69) is 30.1 Å². The molecule has 4 aromatic rings. The molecule has 0 radical (unpaired) electrons. The van der Waals surface area contributed by atoms with Gasteiger partial charge in [0.05, 0.1) is 17.1 Å². The second-order valence-electron chi connectivity index (χ2n) is 5.51. The van der Waals surface area contributed by atoms with E-state index in [0.717, 1.165) is 27.0 Å². The summed E-state index contributed by atoms with van der Waals surface area (Å²) in [5.74, 6) is 1.19. The largest absolute Gasteiger partial charge is 0.415 e. The Morgan fingerprint density at radius 3 is 2.69 bits per heavy atom. The first kappa shape index (κ1) is 16.8. The van der Waals surface area contributed by atoms with Crippen molar-refractivity contribution in [2.75, 3.05) is 0 Å². The quantitative estimate of drug-likeness (QED) is 0.482. The zero-order valence-corrected chi connectivity index (χ0v) is 15.7. The van der Waals surface area contributed by atoms with Crippen molar-refractivity contribution in [1.29, 1.82) is 0 Å². The van der Waals surface area contributed by atoms with Crippen molar-refractivity contribution >= 4 is 23.1 Å². The number of pyridine rings is 1. The Bertz CT molecular complexity index is 1030. The normalized spacial score (nSPS) is 11.0. The molecule has 0 saturated heterocycles. The summed E-state index contributed by atoms with van der Waals surface area (Å²) in [4.78, 5) is 17.5. The minimum Gasteiger partial charge on any atom is -0.415 e. The van der Waals surface area contributed by atoms with Gasteiger partial charge >= 0.3 is 0 Å². The first-order chi connectivity index (χ1) is 12.7. The van der Waals surface area contributed by atoms with Crippen molar-refractivity contribution in [2.45, 2.75) is 30.5 Å². The van der Waals surface area contributed by atoms with Gasteiger partial charge in [-0.25, -0.2) is 15.0 Å². The molecule has 7 nitrogen and oxygen atoms in total. The zero-order valence-electron chi connectivity index (χ0n) is 14.1. The Morgan fingerprint density at radius 1 is 1.08 bits per heavy atom. The summed E-state index contributed by atoms with van der Waals surface area (Å²) in [6.45, 7) is 3.90. The number of aromatic nitrogens is 6. The van der Waals surface area contributed by atoms with Crippen molar-refractivity contribution in [2.24, 2.45) is 0 Å². The fraction of sp³-hybridized carbons (Fsp3) is 0.176. The summed E-state index contributed by atoms with van der Waals surface area (Å²) >= 11 is 2.93. The molecule has 0 N–H and O–H groups in total. The Hall–Kier alpha value is -2.65. The molecular formula is C17H14N6OS2. The van der Waals surface area contributed by atoms with E-state index in [1.54, 1.807) is 23.7 Å². The average Bonchev–Trinajstić information content (AvgIpc) is 3.24. The maximum Gasteiger partial charge on any atom is 0.282 e. The maximum absolute atomic E-state index is 5.72. The Kier molecular flexibility index (Phi) is 4.72. The first-order valence-corrected chi connectivity index (χ1v) is 9.52. The van der Waals surface area contributed by atoms with E-state index in [1.165, 1.54) is 11.8 Å². The summed E-state index contributed by atoms with van der Waals surface area (Å²) < 4.78 is 5.72. The summed E-state index contributed by atoms with van der Waals surface area (Å²) in [7, 11) is 0. The molecule has 0 fully saturated rings. The Labute approximate surface area is 158 Å². The van der Waals surface area contributed by atoms with Crippen LogP contribution in [0.1, 0.15) is 22.3 Å². The van der Waals surface area contributed by atoms with Gasteiger partial charge in [-0.3, -0.25) is 4.98 Å². The van der Waals surface area contributed by atoms with Crippen LogP contribution in [0.4, 0.5) is 0 Å². The van der Waals surface area contributed by atoms with Crippen LogP contribution in [0.3, 0.4) is 0 Å². The van der Waals surface area contributed by atoms with Gasteiger partial charge in [0.15, 0.2) is 5.82 Å². The van der Waals surface area contributed by atoms with E-state index < -0.39 is 0 Å². The third kappa shape index (κ3) is 3.94. The van der Waals surface area contributed by atoms with E-state index in [-0.39, 0.29) is 0 Å². The van der Waals surface area contributed by atoms with Crippen molar-refractivity contribution in [3.05, 3.63) is 58.3 Å². The second kappa shape index (κ2) is 7.30. The Balaban J connectivity index is 1.53. The van der Waals surface area contributed by atoms with Gasteiger partial charge in [-0.1, -0.05) is 0 Å². The molecule has 0 atom stereocenters. The van der Waals surface area contributed by atoms with Gasteiger partial charge in [-0.2, -0.15) is 0 Å². The predicted octanol–water partition coefficient (Wildman–Crippen LogP) is 3.74. The van der Waals surface area contributed by atoms with Gasteiger partial charge in [0.2, 0.25) is 5.89 Å². The van der Waals surface area contributed by atoms with E-state index >= 15 is 0 Å². The molecule has 0 aliphatic carbocycles. The standard InChI is InChI=1S/C17H14N6OS2/c1-10-7-15(21-16(19-10)12-3-5-18-6-4-12)26-17-23-22-14(24-17)8-13-9-25-11(2)20-13/h3-7,9H,8H2,1-2H3. The Morgan fingerprint density at radius 2 is 1.92 bits per heavy atom. The lowest BCUT2D eigenvalue weighted by Gasteiger charge is -2.03. The molecule has 0 bridgehead atoms. The number of hydrogen-bond acceptors (Lipinski definition) is 9. The molecule has 130 valence electrons. The molecule has 9 heteroatoms. The lowest BCUT2D eigenvalue weighted by Crippen LogP contribution is -1.94. The summed E-state index contributed by atoms with van der Waals surface area (Å²) in [5, 5.41) is 12.4. The van der Waals surface area contributed by atoms with E-state index in [0.29, 0.717) is 23.4 Å². The first-order valence-electron chi connectivity index (χ1n) is 7.83.